The lowest BCUT2D eigenvalue weighted by atomic mass is 9.89. The van der Waals surface area contributed by atoms with E-state index >= 15 is 0 Å². The van der Waals surface area contributed by atoms with Crippen molar-refractivity contribution in [3.05, 3.63) is 71.3 Å². The van der Waals surface area contributed by atoms with Crippen LogP contribution >= 0.6 is 12.4 Å². The number of amides is 1. The Morgan fingerprint density at radius 3 is 2.33 bits per heavy atom. The van der Waals surface area contributed by atoms with Gasteiger partial charge in [-0.1, -0.05) is 47.6 Å². The molecule has 0 aromatic heterocycles. The summed E-state index contributed by atoms with van der Waals surface area (Å²) in [6.45, 7) is 4.01. The van der Waals surface area contributed by atoms with E-state index in [9.17, 15) is 18.0 Å². The normalized spacial score (nSPS) is 17.4. The molecule has 0 N–H and O–H groups in total. The molecule has 0 spiro atoms. The molecular weight excluding hydrogens is 491 g/mol. The number of piperidine rings is 2. The van der Waals surface area contributed by atoms with Crippen LogP contribution in [-0.2, 0) is 22.4 Å². The molecule has 196 valence electrons. The summed E-state index contributed by atoms with van der Waals surface area (Å²) in [5.41, 5.74) is 1.97. The van der Waals surface area contributed by atoms with Crippen molar-refractivity contribution in [1.29, 1.82) is 0 Å². The lowest BCUT2D eigenvalue weighted by Gasteiger charge is -2.33. The van der Waals surface area contributed by atoms with Gasteiger partial charge in [0.1, 0.15) is 6.61 Å². The van der Waals surface area contributed by atoms with Crippen LogP contribution in [0, 0.1) is 0 Å². The molecule has 2 heterocycles. The maximum atomic E-state index is 12.8. The van der Waals surface area contributed by atoms with Crippen LogP contribution in [0.4, 0.5) is 13.2 Å². The van der Waals surface area contributed by atoms with E-state index in [1.165, 1.54) is 11.6 Å². The van der Waals surface area contributed by atoms with Crippen LogP contribution < -0.4 is 0 Å². The molecule has 1 amide bonds. The number of carbonyl (C=O) groups is 1. The second-order valence-corrected chi connectivity index (χ2v) is 9.29. The van der Waals surface area contributed by atoms with Crippen LogP contribution in [0.2, 0.25) is 0 Å². The number of hydrogen-bond donors (Lipinski definition) is 0. The summed E-state index contributed by atoms with van der Waals surface area (Å²) in [7, 11) is 0. The van der Waals surface area contributed by atoms with Gasteiger partial charge in [0.2, 0.25) is 5.91 Å². The zero-order valence-corrected chi connectivity index (χ0v) is 21.1. The van der Waals surface area contributed by atoms with Crippen molar-refractivity contribution in [2.75, 3.05) is 32.7 Å². The van der Waals surface area contributed by atoms with Crippen molar-refractivity contribution < 1.29 is 22.8 Å². The molecule has 0 atom stereocenters. The summed E-state index contributed by atoms with van der Waals surface area (Å²) in [5, 5.41) is 4.10. The van der Waals surface area contributed by atoms with Crippen molar-refractivity contribution in [3.63, 3.8) is 0 Å². The fourth-order valence-electron chi connectivity index (χ4n) is 4.77. The van der Waals surface area contributed by atoms with E-state index in [4.69, 9.17) is 4.84 Å². The average Bonchev–Trinajstić information content (AvgIpc) is 2.88. The number of benzene rings is 2. The predicted octanol–water partition coefficient (Wildman–Crippen LogP) is 5.89. The molecule has 9 heteroatoms. The highest BCUT2D eigenvalue weighted by molar-refractivity contribution is 5.87. The number of halogens is 4. The molecule has 2 aromatic rings. The molecule has 2 fully saturated rings. The Hall–Kier alpha value is -2.58. The van der Waals surface area contributed by atoms with Crippen LogP contribution in [0.15, 0.2) is 59.8 Å². The van der Waals surface area contributed by atoms with Gasteiger partial charge in [0.25, 0.3) is 0 Å². The largest absolute Gasteiger partial charge is 0.416 e. The zero-order valence-electron chi connectivity index (χ0n) is 20.3. The maximum Gasteiger partial charge on any atom is 0.416 e. The van der Waals surface area contributed by atoms with Gasteiger partial charge in [-0.25, -0.2) is 0 Å². The number of carbonyl (C=O) groups excluding carboxylic acids is 1. The van der Waals surface area contributed by atoms with Gasteiger partial charge in [-0.15, -0.1) is 12.4 Å². The minimum absolute atomic E-state index is 0. The highest BCUT2D eigenvalue weighted by Crippen LogP contribution is 2.30. The highest BCUT2D eigenvalue weighted by Gasteiger charge is 2.30. The number of nitrogens with zero attached hydrogens (tertiary/aromatic N) is 3. The second-order valence-electron chi connectivity index (χ2n) is 9.29. The third-order valence-corrected chi connectivity index (χ3v) is 6.87. The Labute approximate surface area is 216 Å². The van der Waals surface area contributed by atoms with E-state index < -0.39 is 11.7 Å². The smallest absolute Gasteiger partial charge is 0.391 e. The minimum Gasteiger partial charge on any atom is -0.391 e. The maximum absolute atomic E-state index is 12.8. The number of oxime groups is 1. The summed E-state index contributed by atoms with van der Waals surface area (Å²) in [5.74, 6) is 0.776. The third kappa shape index (κ3) is 7.96. The summed E-state index contributed by atoms with van der Waals surface area (Å²) in [4.78, 5) is 22.2. The first kappa shape index (κ1) is 28.0. The fourth-order valence-corrected chi connectivity index (χ4v) is 4.77. The lowest BCUT2D eigenvalue weighted by molar-refractivity contribution is -0.137. The zero-order chi connectivity index (χ0) is 24.7. The summed E-state index contributed by atoms with van der Waals surface area (Å²) in [6, 6.07) is 15.7. The molecule has 0 aliphatic carbocycles. The molecule has 2 saturated heterocycles. The second kappa shape index (κ2) is 13.1. The lowest BCUT2D eigenvalue weighted by Crippen LogP contribution is -2.41. The van der Waals surface area contributed by atoms with Gasteiger partial charge >= 0.3 is 6.18 Å². The quantitative estimate of drug-likeness (QED) is 0.425. The number of rotatable bonds is 7. The molecule has 0 unspecified atom stereocenters. The number of hydrogen-bond acceptors (Lipinski definition) is 4. The first-order valence-corrected chi connectivity index (χ1v) is 12.3. The van der Waals surface area contributed by atoms with E-state index in [0.29, 0.717) is 43.8 Å². The molecule has 2 aromatic carbocycles. The first-order chi connectivity index (χ1) is 16.9. The fraction of sp³-hybridized carbons (Fsp3) is 0.481. The topological polar surface area (TPSA) is 45.1 Å². The van der Waals surface area contributed by atoms with E-state index in [0.717, 1.165) is 50.3 Å². The molecule has 4 rings (SSSR count). The van der Waals surface area contributed by atoms with Gasteiger partial charge in [0.15, 0.2) is 0 Å². The Morgan fingerprint density at radius 1 is 0.972 bits per heavy atom. The molecular formula is C27H33ClF3N3O2. The molecule has 2 aliphatic heterocycles. The Bertz CT molecular complexity index is 999. The highest BCUT2D eigenvalue weighted by atomic mass is 35.5. The Balaban J connectivity index is 0.00000361. The molecule has 36 heavy (non-hydrogen) atoms. The number of alkyl halides is 3. The molecule has 0 bridgehead atoms. The molecule has 0 radical (unpaired) electrons. The van der Waals surface area contributed by atoms with Crippen LogP contribution in [0.1, 0.15) is 54.7 Å². The van der Waals surface area contributed by atoms with Crippen molar-refractivity contribution in [2.45, 2.75) is 50.8 Å². The van der Waals surface area contributed by atoms with Gasteiger partial charge in [-0.3, -0.25) is 4.79 Å². The summed E-state index contributed by atoms with van der Waals surface area (Å²) >= 11 is 0. The van der Waals surface area contributed by atoms with Crippen LogP contribution in [0.5, 0.6) is 0 Å². The van der Waals surface area contributed by atoms with Crippen molar-refractivity contribution >= 4 is 24.0 Å². The Morgan fingerprint density at radius 2 is 1.67 bits per heavy atom. The van der Waals surface area contributed by atoms with Crippen LogP contribution in [0.3, 0.4) is 0 Å². The van der Waals surface area contributed by atoms with Crippen molar-refractivity contribution in [1.82, 2.24) is 9.80 Å². The minimum atomic E-state index is -4.38. The summed E-state index contributed by atoms with van der Waals surface area (Å²) < 4.78 is 38.5. The third-order valence-electron chi connectivity index (χ3n) is 6.87. The SMILES string of the molecule is Cl.O=C(CCN1CCC(c2ccccc2)CC1)N1CCC(=NOCc2cccc(C(F)(F)F)c2)CC1. The van der Waals surface area contributed by atoms with Gasteiger partial charge in [0.05, 0.1) is 11.3 Å². The van der Waals surface area contributed by atoms with Gasteiger partial charge in [-0.2, -0.15) is 13.2 Å². The van der Waals surface area contributed by atoms with E-state index in [2.05, 4.69) is 34.3 Å². The van der Waals surface area contributed by atoms with Crippen molar-refractivity contribution in [3.8, 4) is 0 Å². The van der Waals surface area contributed by atoms with E-state index in [1.54, 1.807) is 6.07 Å². The van der Waals surface area contributed by atoms with Gasteiger partial charge in [0, 0.05) is 38.9 Å². The molecule has 2 aliphatic rings. The Kier molecular flexibility index (Phi) is 10.2. The average molecular weight is 524 g/mol. The van der Waals surface area contributed by atoms with E-state index in [-0.39, 0.29) is 24.9 Å². The summed E-state index contributed by atoms with van der Waals surface area (Å²) in [6.07, 6.45) is -0.355. The van der Waals surface area contributed by atoms with Gasteiger partial charge < -0.3 is 14.6 Å². The van der Waals surface area contributed by atoms with Crippen molar-refractivity contribution in [2.24, 2.45) is 5.16 Å². The first-order valence-electron chi connectivity index (χ1n) is 12.3. The monoisotopic (exact) mass is 523 g/mol. The molecule has 5 nitrogen and oxygen atoms in total. The molecule has 0 saturated carbocycles. The standard InChI is InChI=1S/C27H32F3N3O2.ClH/c28-27(29,30)24-8-4-5-21(19-24)20-35-31-25-11-17-33(18-12-25)26(34)13-16-32-14-9-23(10-15-32)22-6-2-1-3-7-22;/h1-8,19,23H,9-18,20H2;1H. The predicted molar refractivity (Wildman–Crippen MR) is 136 cm³/mol. The van der Waals surface area contributed by atoms with Crippen LogP contribution in [-0.4, -0.2) is 54.1 Å². The number of likely N-dealkylation sites (tertiary alicyclic amines) is 2. The van der Waals surface area contributed by atoms with Gasteiger partial charge in [-0.05, 0) is 55.1 Å². The van der Waals surface area contributed by atoms with E-state index in [1.807, 2.05) is 11.0 Å². The van der Waals surface area contributed by atoms with Crippen LogP contribution in [0.25, 0.3) is 0 Å².